The summed E-state index contributed by atoms with van der Waals surface area (Å²) in [4.78, 5) is 5.11. The van der Waals surface area contributed by atoms with E-state index in [9.17, 15) is 0 Å². The van der Waals surface area contributed by atoms with Gasteiger partial charge in [-0.1, -0.05) is 77.6 Å². The number of rotatable bonds is 15. The van der Waals surface area contributed by atoms with Crippen molar-refractivity contribution in [3.8, 4) is 11.1 Å². The lowest BCUT2D eigenvalue weighted by atomic mass is 10.0. The number of nitrogens with zero attached hydrogens (tertiary/aromatic N) is 2. The van der Waals surface area contributed by atoms with Gasteiger partial charge in [-0.3, -0.25) is 0 Å². The minimum Gasteiger partial charge on any atom is -0.372 e. The van der Waals surface area contributed by atoms with E-state index in [2.05, 4.69) is 86.0 Å². The molecule has 0 aliphatic carbocycles. The molecule has 0 heterocycles. The van der Waals surface area contributed by atoms with Crippen molar-refractivity contribution in [2.24, 2.45) is 0 Å². The summed E-state index contributed by atoms with van der Waals surface area (Å²) in [6.45, 7) is 13.7. The van der Waals surface area contributed by atoms with Crippen LogP contribution in [0.2, 0.25) is 0 Å². The number of hydrogen-bond donors (Lipinski definition) is 0. The van der Waals surface area contributed by atoms with E-state index in [1.165, 1.54) is 73.9 Å². The molecule has 0 saturated carbocycles. The largest absolute Gasteiger partial charge is 0.372 e. The van der Waals surface area contributed by atoms with Crippen LogP contribution in [0.1, 0.15) is 79.1 Å². The molecule has 2 aromatic carbocycles. The highest BCUT2D eigenvalue weighted by atomic mass is 15.1. The highest BCUT2D eigenvalue weighted by Crippen LogP contribution is 2.26. The van der Waals surface area contributed by atoms with E-state index in [0.29, 0.717) is 0 Å². The van der Waals surface area contributed by atoms with Gasteiger partial charge in [0, 0.05) is 37.6 Å². The quantitative estimate of drug-likeness (QED) is 0.293. The predicted molar refractivity (Wildman–Crippen MR) is 136 cm³/mol. The average molecular weight is 409 g/mol. The highest BCUT2D eigenvalue weighted by molar-refractivity contribution is 5.68. The predicted octanol–water partition coefficient (Wildman–Crippen LogP) is 8.17. The van der Waals surface area contributed by atoms with Crippen LogP contribution in [-0.4, -0.2) is 26.2 Å². The third kappa shape index (κ3) is 7.70. The molecule has 166 valence electrons. The highest BCUT2D eigenvalue weighted by Gasteiger charge is 2.08. The van der Waals surface area contributed by atoms with E-state index >= 15 is 0 Å². The molecule has 0 aliphatic rings. The first kappa shape index (κ1) is 24.3. The van der Waals surface area contributed by atoms with Crippen molar-refractivity contribution in [1.82, 2.24) is 0 Å². The van der Waals surface area contributed by atoms with Crippen LogP contribution in [0.3, 0.4) is 0 Å². The zero-order valence-corrected chi connectivity index (χ0v) is 20.0. The van der Waals surface area contributed by atoms with Crippen molar-refractivity contribution in [2.45, 2.75) is 79.1 Å². The summed E-state index contributed by atoms with van der Waals surface area (Å²) in [6.07, 6.45) is 10.1. The Hall–Kier alpha value is -1.96. The van der Waals surface area contributed by atoms with Gasteiger partial charge in [0.25, 0.3) is 0 Å². The maximum atomic E-state index is 2.55. The second kappa shape index (κ2) is 14.1. The molecule has 0 fully saturated rings. The Kier molecular flexibility index (Phi) is 11.4. The molecule has 30 heavy (non-hydrogen) atoms. The maximum absolute atomic E-state index is 2.55. The number of hydrogen-bond acceptors (Lipinski definition) is 2. The van der Waals surface area contributed by atoms with Crippen molar-refractivity contribution in [3.05, 3.63) is 48.5 Å². The summed E-state index contributed by atoms with van der Waals surface area (Å²) in [5.74, 6) is 0. The molecule has 0 bridgehead atoms. The summed E-state index contributed by atoms with van der Waals surface area (Å²) >= 11 is 0. The lowest BCUT2D eigenvalue weighted by Crippen LogP contribution is -2.25. The van der Waals surface area contributed by atoms with Gasteiger partial charge in [-0.05, 0) is 61.1 Å². The number of unbranched alkanes of at least 4 members (excludes halogenated alkanes) is 4. The van der Waals surface area contributed by atoms with Crippen LogP contribution >= 0.6 is 0 Å². The van der Waals surface area contributed by atoms with Gasteiger partial charge in [-0.2, -0.15) is 0 Å². The van der Waals surface area contributed by atoms with Gasteiger partial charge in [-0.15, -0.1) is 0 Å². The molecular formula is C28H44N2. The van der Waals surface area contributed by atoms with Gasteiger partial charge in [0.1, 0.15) is 0 Å². The Balaban J connectivity index is 2.09. The first-order valence-electron chi connectivity index (χ1n) is 12.4. The first-order chi connectivity index (χ1) is 14.7. The summed E-state index contributed by atoms with van der Waals surface area (Å²) < 4.78 is 0. The molecule has 0 atom stereocenters. The zero-order valence-electron chi connectivity index (χ0n) is 20.0. The lowest BCUT2D eigenvalue weighted by molar-refractivity contribution is 0.678. The molecule has 0 spiro atoms. The molecule has 2 nitrogen and oxygen atoms in total. The molecule has 2 aromatic rings. The Morgan fingerprint density at radius 1 is 0.433 bits per heavy atom. The van der Waals surface area contributed by atoms with Gasteiger partial charge in [0.05, 0.1) is 0 Å². The van der Waals surface area contributed by atoms with E-state index in [0.717, 1.165) is 26.2 Å². The second-order valence-corrected chi connectivity index (χ2v) is 8.48. The van der Waals surface area contributed by atoms with Gasteiger partial charge >= 0.3 is 0 Å². The van der Waals surface area contributed by atoms with Gasteiger partial charge in [-0.25, -0.2) is 0 Å². The molecule has 0 N–H and O–H groups in total. The van der Waals surface area contributed by atoms with E-state index in [4.69, 9.17) is 0 Å². The number of anilines is 2. The van der Waals surface area contributed by atoms with Crippen LogP contribution in [0.25, 0.3) is 11.1 Å². The molecule has 0 aromatic heterocycles. The minimum absolute atomic E-state index is 1.16. The second-order valence-electron chi connectivity index (χ2n) is 8.48. The SMILES string of the molecule is CCCCN(CCCC)c1ccc(-c2ccc(N(CCCC)CCCC)cc2)cc1. The Morgan fingerprint density at radius 3 is 0.933 bits per heavy atom. The standard InChI is InChI=1S/C28H44N2/c1-5-9-21-29(22-10-6-2)27-17-13-25(14-18-27)26-15-19-28(20-16-26)30(23-11-7-3)24-12-8-4/h13-20H,5-12,21-24H2,1-4H3. The van der Waals surface area contributed by atoms with Crippen molar-refractivity contribution in [1.29, 1.82) is 0 Å². The fourth-order valence-electron chi connectivity index (χ4n) is 3.87. The van der Waals surface area contributed by atoms with Crippen LogP contribution in [0.4, 0.5) is 11.4 Å². The fraction of sp³-hybridized carbons (Fsp3) is 0.571. The third-order valence-electron chi connectivity index (χ3n) is 5.92. The van der Waals surface area contributed by atoms with Crippen molar-refractivity contribution in [3.63, 3.8) is 0 Å². The molecular weight excluding hydrogens is 364 g/mol. The van der Waals surface area contributed by atoms with Crippen LogP contribution < -0.4 is 9.80 Å². The summed E-state index contributed by atoms with van der Waals surface area (Å²) in [5, 5.41) is 0. The monoisotopic (exact) mass is 408 g/mol. The molecule has 2 rings (SSSR count). The minimum atomic E-state index is 1.16. The van der Waals surface area contributed by atoms with Crippen molar-refractivity contribution < 1.29 is 0 Å². The van der Waals surface area contributed by atoms with Gasteiger partial charge in [0.2, 0.25) is 0 Å². The van der Waals surface area contributed by atoms with E-state index in [1.54, 1.807) is 0 Å². The molecule has 0 unspecified atom stereocenters. The molecule has 0 amide bonds. The van der Waals surface area contributed by atoms with Crippen LogP contribution in [-0.2, 0) is 0 Å². The Bertz CT molecular complexity index is 597. The zero-order chi connectivity index (χ0) is 21.6. The molecule has 0 aliphatic heterocycles. The van der Waals surface area contributed by atoms with Crippen LogP contribution in [0.5, 0.6) is 0 Å². The third-order valence-corrected chi connectivity index (χ3v) is 5.92. The maximum Gasteiger partial charge on any atom is 0.0366 e. The summed E-state index contributed by atoms with van der Waals surface area (Å²) in [5.41, 5.74) is 5.35. The smallest absolute Gasteiger partial charge is 0.0366 e. The summed E-state index contributed by atoms with van der Waals surface area (Å²) in [6, 6.07) is 18.4. The Morgan fingerprint density at radius 2 is 0.700 bits per heavy atom. The van der Waals surface area contributed by atoms with Gasteiger partial charge in [0.15, 0.2) is 0 Å². The Labute approximate surface area is 186 Å². The first-order valence-corrected chi connectivity index (χ1v) is 12.4. The topological polar surface area (TPSA) is 6.48 Å². The average Bonchev–Trinajstić information content (AvgIpc) is 2.80. The molecule has 0 saturated heterocycles. The molecule has 2 heteroatoms. The van der Waals surface area contributed by atoms with Crippen molar-refractivity contribution >= 4 is 11.4 Å². The fourth-order valence-corrected chi connectivity index (χ4v) is 3.87. The molecule has 0 radical (unpaired) electrons. The van der Waals surface area contributed by atoms with Crippen LogP contribution in [0, 0.1) is 0 Å². The van der Waals surface area contributed by atoms with Crippen LogP contribution in [0.15, 0.2) is 48.5 Å². The van der Waals surface area contributed by atoms with Gasteiger partial charge < -0.3 is 9.80 Å². The lowest BCUT2D eigenvalue weighted by Gasteiger charge is -2.25. The normalized spacial score (nSPS) is 10.9. The summed E-state index contributed by atoms with van der Waals surface area (Å²) in [7, 11) is 0. The van der Waals surface area contributed by atoms with E-state index in [-0.39, 0.29) is 0 Å². The van der Waals surface area contributed by atoms with E-state index < -0.39 is 0 Å². The number of benzene rings is 2. The van der Waals surface area contributed by atoms with E-state index in [1.807, 2.05) is 0 Å². The van der Waals surface area contributed by atoms with Crippen molar-refractivity contribution in [2.75, 3.05) is 36.0 Å².